The molecule has 0 aliphatic carbocycles. The standard InChI is InChI=1S/C20H24FN7O2/c1-11(2)17-15(9-8-14(29)10-16(30)19-25-27-28-26-19)18(24-20(22-3)23-17)12-4-6-13(21)7-5-12/h4-9,11,14,16,29-30H,10H2,1-3H3,(H,22,23,24)(H,25,26,27,28)/b9-8+/t14-,16-/m1/s1. The molecule has 0 amide bonds. The summed E-state index contributed by atoms with van der Waals surface area (Å²) in [6.45, 7) is 4.01. The van der Waals surface area contributed by atoms with E-state index in [4.69, 9.17) is 0 Å². The van der Waals surface area contributed by atoms with Crippen LogP contribution >= 0.6 is 0 Å². The molecule has 2 atom stereocenters. The summed E-state index contributed by atoms with van der Waals surface area (Å²) < 4.78 is 13.4. The summed E-state index contributed by atoms with van der Waals surface area (Å²) in [7, 11) is 1.73. The Morgan fingerprint density at radius 3 is 2.50 bits per heavy atom. The van der Waals surface area contributed by atoms with Crippen molar-refractivity contribution in [2.75, 3.05) is 12.4 Å². The van der Waals surface area contributed by atoms with Gasteiger partial charge in [0.1, 0.15) is 11.9 Å². The molecule has 0 fully saturated rings. The number of rotatable bonds is 8. The van der Waals surface area contributed by atoms with Crippen LogP contribution in [0.4, 0.5) is 10.3 Å². The van der Waals surface area contributed by atoms with Crippen molar-refractivity contribution in [1.82, 2.24) is 30.6 Å². The van der Waals surface area contributed by atoms with Crippen LogP contribution in [0.3, 0.4) is 0 Å². The Kier molecular flexibility index (Phi) is 6.80. The normalized spacial score (nSPS) is 13.7. The van der Waals surface area contributed by atoms with E-state index in [1.54, 1.807) is 31.3 Å². The molecule has 4 N–H and O–H groups in total. The molecule has 0 saturated carbocycles. The van der Waals surface area contributed by atoms with Gasteiger partial charge in [-0.15, -0.1) is 10.2 Å². The number of aromatic amines is 1. The van der Waals surface area contributed by atoms with Gasteiger partial charge in [-0.1, -0.05) is 31.2 Å². The minimum Gasteiger partial charge on any atom is -0.389 e. The van der Waals surface area contributed by atoms with Crippen molar-refractivity contribution in [1.29, 1.82) is 0 Å². The smallest absolute Gasteiger partial charge is 0.223 e. The van der Waals surface area contributed by atoms with E-state index in [0.717, 1.165) is 11.3 Å². The number of aliphatic hydroxyl groups excluding tert-OH is 2. The van der Waals surface area contributed by atoms with Crippen LogP contribution in [0.5, 0.6) is 0 Å². The van der Waals surface area contributed by atoms with Crippen molar-refractivity contribution in [3.8, 4) is 11.3 Å². The lowest BCUT2D eigenvalue weighted by atomic mass is 9.97. The van der Waals surface area contributed by atoms with E-state index in [9.17, 15) is 14.6 Å². The maximum absolute atomic E-state index is 13.4. The number of benzene rings is 1. The fourth-order valence-electron chi connectivity index (χ4n) is 2.96. The molecule has 0 bridgehead atoms. The number of hydrogen-bond acceptors (Lipinski definition) is 8. The van der Waals surface area contributed by atoms with E-state index in [1.807, 2.05) is 13.8 Å². The molecule has 0 radical (unpaired) electrons. The fraction of sp³-hybridized carbons (Fsp3) is 0.350. The van der Waals surface area contributed by atoms with Crippen molar-refractivity contribution in [3.05, 3.63) is 53.2 Å². The summed E-state index contributed by atoms with van der Waals surface area (Å²) in [6.07, 6.45) is 1.24. The van der Waals surface area contributed by atoms with Gasteiger partial charge in [-0.2, -0.15) is 5.21 Å². The van der Waals surface area contributed by atoms with E-state index in [-0.39, 0.29) is 24.0 Å². The topological polar surface area (TPSA) is 133 Å². The second-order valence-corrected chi connectivity index (χ2v) is 7.05. The lowest BCUT2D eigenvalue weighted by Gasteiger charge is -2.16. The lowest BCUT2D eigenvalue weighted by molar-refractivity contribution is 0.0985. The van der Waals surface area contributed by atoms with Gasteiger partial charge in [0, 0.05) is 24.6 Å². The monoisotopic (exact) mass is 413 g/mol. The van der Waals surface area contributed by atoms with Gasteiger partial charge in [0.25, 0.3) is 0 Å². The van der Waals surface area contributed by atoms with Gasteiger partial charge in [0.15, 0.2) is 0 Å². The van der Waals surface area contributed by atoms with Crippen LogP contribution in [0.2, 0.25) is 0 Å². The molecule has 9 nitrogen and oxygen atoms in total. The molecule has 10 heteroatoms. The van der Waals surface area contributed by atoms with Crippen LogP contribution in [0.15, 0.2) is 30.3 Å². The second-order valence-electron chi connectivity index (χ2n) is 7.05. The average molecular weight is 413 g/mol. The highest BCUT2D eigenvalue weighted by Gasteiger charge is 2.19. The molecule has 30 heavy (non-hydrogen) atoms. The molecule has 2 heterocycles. The third-order valence-corrected chi connectivity index (χ3v) is 4.47. The Labute approximate surface area is 173 Å². The zero-order chi connectivity index (χ0) is 21.7. The zero-order valence-electron chi connectivity index (χ0n) is 16.9. The molecule has 0 unspecified atom stereocenters. The first-order valence-corrected chi connectivity index (χ1v) is 9.52. The minimum absolute atomic E-state index is 0.00557. The van der Waals surface area contributed by atoms with Gasteiger partial charge >= 0.3 is 0 Å². The molecule has 3 aromatic rings. The largest absolute Gasteiger partial charge is 0.389 e. The van der Waals surface area contributed by atoms with Crippen LogP contribution in [0.1, 0.15) is 49.4 Å². The van der Waals surface area contributed by atoms with E-state index in [0.29, 0.717) is 17.2 Å². The van der Waals surface area contributed by atoms with Crippen molar-refractivity contribution in [2.24, 2.45) is 0 Å². The Morgan fingerprint density at radius 1 is 1.17 bits per heavy atom. The number of hydrogen-bond donors (Lipinski definition) is 4. The van der Waals surface area contributed by atoms with Crippen molar-refractivity contribution < 1.29 is 14.6 Å². The molecule has 3 rings (SSSR count). The maximum atomic E-state index is 13.4. The predicted octanol–water partition coefficient (Wildman–Crippen LogP) is 2.46. The number of H-pyrrole nitrogens is 1. The SMILES string of the molecule is CNc1nc(-c2ccc(F)cc2)c(/C=C/[C@@H](O)C[C@@H](O)c2nn[nH]n2)c(C(C)C)n1. The molecule has 0 aliphatic rings. The van der Waals surface area contributed by atoms with Gasteiger partial charge in [-0.05, 0) is 30.2 Å². The Bertz CT molecular complexity index is 991. The molecule has 158 valence electrons. The molecular weight excluding hydrogens is 389 g/mol. The molecule has 0 aliphatic heterocycles. The molecule has 0 saturated heterocycles. The number of nitrogens with zero attached hydrogens (tertiary/aromatic N) is 5. The second kappa shape index (κ2) is 9.51. The quantitative estimate of drug-likeness (QED) is 0.443. The van der Waals surface area contributed by atoms with Crippen molar-refractivity contribution in [2.45, 2.75) is 38.4 Å². The minimum atomic E-state index is -1.06. The zero-order valence-corrected chi connectivity index (χ0v) is 16.9. The van der Waals surface area contributed by atoms with Gasteiger partial charge in [0.2, 0.25) is 11.8 Å². The molecule has 1 aromatic carbocycles. The van der Waals surface area contributed by atoms with Crippen LogP contribution in [-0.4, -0.2) is 54.0 Å². The van der Waals surface area contributed by atoms with E-state index in [2.05, 4.69) is 35.9 Å². The van der Waals surface area contributed by atoms with Gasteiger partial charge < -0.3 is 15.5 Å². The summed E-state index contributed by atoms with van der Waals surface area (Å²) in [5, 5.41) is 36.5. The van der Waals surface area contributed by atoms with E-state index in [1.165, 1.54) is 12.1 Å². The number of halogens is 1. The summed E-state index contributed by atoms with van der Waals surface area (Å²) in [5.41, 5.74) is 2.82. The van der Waals surface area contributed by atoms with Crippen LogP contribution in [0.25, 0.3) is 17.3 Å². The van der Waals surface area contributed by atoms with Crippen molar-refractivity contribution in [3.63, 3.8) is 0 Å². The average Bonchev–Trinajstić information content (AvgIpc) is 3.27. The summed E-state index contributed by atoms with van der Waals surface area (Å²) in [6, 6.07) is 6.04. The highest BCUT2D eigenvalue weighted by atomic mass is 19.1. The fourth-order valence-corrected chi connectivity index (χ4v) is 2.96. The third-order valence-electron chi connectivity index (χ3n) is 4.47. The highest BCUT2D eigenvalue weighted by molar-refractivity contribution is 5.74. The number of anilines is 1. The Morgan fingerprint density at radius 2 is 1.90 bits per heavy atom. The maximum Gasteiger partial charge on any atom is 0.223 e. The van der Waals surface area contributed by atoms with Crippen LogP contribution < -0.4 is 5.32 Å². The van der Waals surface area contributed by atoms with Crippen LogP contribution in [-0.2, 0) is 0 Å². The third kappa shape index (κ3) is 5.02. The number of nitrogens with one attached hydrogen (secondary N) is 2. The number of tetrazole rings is 1. The van der Waals surface area contributed by atoms with Gasteiger partial charge in [-0.25, -0.2) is 14.4 Å². The van der Waals surface area contributed by atoms with E-state index >= 15 is 0 Å². The molecule has 2 aromatic heterocycles. The lowest BCUT2D eigenvalue weighted by Crippen LogP contribution is -2.11. The first-order chi connectivity index (χ1) is 14.4. The first kappa shape index (κ1) is 21.5. The first-order valence-electron chi connectivity index (χ1n) is 9.52. The van der Waals surface area contributed by atoms with E-state index < -0.39 is 12.2 Å². The summed E-state index contributed by atoms with van der Waals surface area (Å²) in [4.78, 5) is 9.12. The van der Waals surface area contributed by atoms with Gasteiger partial charge in [0.05, 0.1) is 17.5 Å². The molecular formula is C20H24FN7O2. The van der Waals surface area contributed by atoms with Crippen LogP contribution in [0, 0.1) is 5.82 Å². The molecule has 0 spiro atoms. The Balaban J connectivity index is 1.96. The summed E-state index contributed by atoms with van der Waals surface area (Å²) >= 11 is 0. The van der Waals surface area contributed by atoms with Gasteiger partial charge in [-0.3, -0.25) is 0 Å². The Hall–Kier alpha value is -3.24. The number of aliphatic hydroxyl groups is 2. The summed E-state index contributed by atoms with van der Waals surface area (Å²) in [5.74, 6) is 0.289. The predicted molar refractivity (Wildman–Crippen MR) is 110 cm³/mol. The highest BCUT2D eigenvalue weighted by Crippen LogP contribution is 2.30. The number of aromatic nitrogens is 6. The van der Waals surface area contributed by atoms with Crippen molar-refractivity contribution >= 4 is 12.0 Å².